The molecule has 0 saturated carbocycles. The summed E-state index contributed by atoms with van der Waals surface area (Å²) >= 11 is 11.3. The van der Waals surface area contributed by atoms with Crippen LogP contribution in [0.1, 0.15) is 30.7 Å². The number of amides is 1. The molecule has 0 aliphatic carbocycles. The van der Waals surface area contributed by atoms with Gasteiger partial charge in [0.15, 0.2) is 10.6 Å². The van der Waals surface area contributed by atoms with Gasteiger partial charge in [-0.2, -0.15) is 0 Å². The zero-order valence-electron chi connectivity index (χ0n) is 22.6. The number of likely N-dealkylation sites (tertiary alicyclic amines) is 1. The fourth-order valence-corrected chi connectivity index (χ4v) is 7.19. The molecule has 0 aromatic heterocycles. The van der Waals surface area contributed by atoms with E-state index in [4.69, 9.17) is 23.2 Å². The predicted molar refractivity (Wildman–Crippen MR) is 157 cm³/mol. The Morgan fingerprint density at radius 1 is 1.00 bits per heavy atom. The number of hydrogen-bond acceptors (Lipinski definition) is 6. The van der Waals surface area contributed by atoms with Gasteiger partial charge in [0.1, 0.15) is 0 Å². The molecule has 1 fully saturated rings. The van der Waals surface area contributed by atoms with Crippen molar-refractivity contribution in [1.29, 1.82) is 0 Å². The summed E-state index contributed by atoms with van der Waals surface area (Å²) < 4.78 is 13.3. The lowest BCUT2D eigenvalue weighted by Gasteiger charge is -2.33. The second-order valence-corrected chi connectivity index (χ2v) is 12.5. The third-order valence-corrected chi connectivity index (χ3v) is 9.17. The van der Waals surface area contributed by atoms with Crippen LogP contribution in [0, 0.1) is 0 Å². The number of carbonyl (C=O) groups is 3. The standard InChI is InChI=1S/C29H31Cl2N3O6S/c1-33(2)15-17-8-7-13-34(17)23(35)14-21-25(28(36)37)27(24-19(30)11-6-12-20(24)31)26(29(38)39)22(32-21)16-41(40)18-9-4-3-5-10-18/h3-6,9-12,17,27,32H,7-8,13-16H2,1-2H3,(H,36,37)(H,38,39)/t17-,27?,41?/m0/s1. The topological polar surface area (TPSA) is 133 Å². The first-order valence-corrected chi connectivity index (χ1v) is 15.1. The lowest BCUT2D eigenvalue weighted by molar-refractivity contribution is -0.133. The molecular weight excluding hydrogens is 589 g/mol. The van der Waals surface area contributed by atoms with Crippen molar-refractivity contribution in [2.24, 2.45) is 0 Å². The normalized spacial score (nSPS) is 19.9. The molecule has 2 unspecified atom stereocenters. The van der Waals surface area contributed by atoms with E-state index in [9.17, 15) is 29.1 Å². The van der Waals surface area contributed by atoms with Gasteiger partial charge in [0.05, 0.1) is 29.2 Å². The Morgan fingerprint density at radius 2 is 1.61 bits per heavy atom. The monoisotopic (exact) mass is 619 g/mol. The molecule has 4 rings (SSSR count). The van der Waals surface area contributed by atoms with Crippen LogP contribution < -0.4 is 5.32 Å². The number of rotatable bonds is 10. The smallest absolute Gasteiger partial charge is 0.334 e. The first-order valence-electron chi connectivity index (χ1n) is 13.0. The fraction of sp³-hybridized carbons (Fsp3) is 0.345. The summed E-state index contributed by atoms with van der Waals surface area (Å²) in [7, 11) is 3.84. The van der Waals surface area contributed by atoms with E-state index in [1.807, 2.05) is 19.0 Å². The molecule has 1 saturated heterocycles. The Hall–Kier alpha value is -3.02. The van der Waals surface area contributed by atoms with Gasteiger partial charge in [0, 0.05) is 40.4 Å². The summed E-state index contributed by atoms with van der Waals surface area (Å²) in [5.41, 5.74) is -0.552. The van der Waals surface area contributed by atoms with Gasteiger partial charge in [0.25, 0.3) is 0 Å². The van der Waals surface area contributed by atoms with E-state index in [1.165, 1.54) is 12.1 Å². The van der Waals surface area contributed by atoms with Crippen LogP contribution >= 0.6 is 23.2 Å². The molecule has 0 bridgehead atoms. The van der Waals surface area contributed by atoms with E-state index >= 15 is 0 Å². The highest BCUT2D eigenvalue weighted by atomic mass is 35.5. The lowest BCUT2D eigenvalue weighted by Crippen LogP contribution is -2.43. The van der Waals surface area contributed by atoms with Gasteiger partial charge in [-0.05, 0) is 62.4 Å². The van der Waals surface area contributed by atoms with Crippen molar-refractivity contribution >= 4 is 52.2 Å². The van der Waals surface area contributed by atoms with Gasteiger partial charge in [-0.25, -0.2) is 9.59 Å². The Bertz CT molecular complexity index is 1380. The van der Waals surface area contributed by atoms with Gasteiger partial charge in [-0.1, -0.05) is 47.5 Å². The van der Waals surface area contributed by atoms with Crippen LogP contribution in [-0.2, 0) is 25.6 Å². The van der Waals surface area contributed by atoms with Crippen LogP contribution in [0.15, 0.2) is 76.0 Å². The molecule has 0 radical (unpaired) electrons. The van der Waals surface area contributed by atoms with Gasteiger partial charge in [-0.15, -0.1) is 0 Å². The number of likely N-dealkylation sites (N-methyl/N-ethyl adjacent to an activating group) is 1. The van der Waals surface area contributed by atoms with Crippen LogP contribution in [0.2, 0.25) is 10.0 Å². The number of nitrogens with zero attached hydrogens (tertiary/aromatic N) is 2. The summed E-state index contributed by atoms with van der Waals surface area (Å²) in [5.74, 6) is -4.82. The van der Waals surface area contributed by atoms with Crippen LogP contribution in [0.5, 0.6) is 0 Å². The van der Waals surface area contributed by atoms with E-state index in [-0.39, 0.29) is 62.3 Å². The SMILES string of the molecule is CN(C)C[C@@H]1CCCN1C(=O)CC1=C(C(=O)O)C(c2c(Cl)cccc2Cl)C(C(=O)O)=C(C[S+]([O-])c2ccccc2)N1. The summed E-state index contributed by atoms with van der Waals surface area (Å²) in [4.78, 5) is 43.4. The minimum Gasteiger partial charge on any atom is -0.611 e. The van der Waals surface area contributed by atoms with E-state index in [1.54, 1.807) is 41.3 Å². The minimum absolute atomic E-state index is 0.0176. The number of benzene rings is 2. The zero-order valence-corrected chi connectivity index (χ0v) is 24.9. The fourth-order valence-electron chi connectivity index (χ4n) is 5.46. The molecule has 2 aliphatic rings. The van der Waals surface area contributed by atoms with E-state index in [0.717, 1.165) is 12.8 Å². The number of halogens is 2. The Kier molecular flexibility index (Phi) is 10.0. The summed E-state index contributed by atoms with van der Waals surface area (Å²) in [6.45, 7) is 1.19. The Labute approximate surface area is 251 Å². The molecule has 2 aromatic carbocycles. The molecule has 9 nitrogen and oxygen atoms in total. The highest BCUT2D eigenvalue weighted by Crippen LogP contribution is 2.45. The van der Waals surface area contributed by atoms with Crippen molar-refractivity contribution in [2.45, 2.75) is 36.1 Å². The van der Waals surface area contributed by atoms with Crippen LogP contribution in [0.25, 0.3) is 0 Å². The molecule has 2 aliphatic heterocycles. The van der Waals surface area contributed by atoms with Gasteiger partial charge < -0.3 is 29.9 Å². The number of dihydropyridines is 1. The zero-order chi connectivity index (χ0) is 29.8. The first-order chi connectivity index (χ1) is 19.5. The molecule has 41 heavy (non-hydrogen) atoms. The van der Waals surface area contributed by atoms with Gasteiger partial charge >= 0.3 is 11.9 Å². The van der Waals surface area contributed by atoms with Crippen LogP contribution in [0.4, 0.5) is 0 Å². The average Bonchev–Trinajstić information content (AvgIpc) is 3.36. The number of hydrogen-bond donors (Lipinski definition) is 3. The molecule has 1 amide bonds. The number of aliphatic carboxylic acids is 2. The van der Waals surface area contributed by atoms with Crippen molar-refractivity contribution in [3.8, 4) is 0 Å². The number of carboxylic acid groups (broad SMARTS) is 2. The summed E-state index contributed by atoms with van der Waals surface area (Å²) in [6.07, 6.45) is 1.33. The molecule has 3 atom stereocenters. The van der Waals surface area contributed by atoms with Crippen molar-refractivity contribution in [1.82, 2.24) is 15.1 Å². The van der Waals surface area contributed by atoms with E-state index < -0.39 is 29.0 Å². The van der Waals surface area contributed by atoms with Crippen molar-refractivity contribution < 1.29 is 29.1 Å². The average molecular weight is 621 g/mol. The lowest BCUT2D eigenvalue weighted by atomic mass is 9.79. The number of nitrogens with one attached hydrogen (secondary N) is 1. The van der Waals surface area contributed by atoms with E-state index in [0.29, 0.717) is 18.0 Å². The second kappa shape index (κ2) is 13.3. The maximum atomic E-state index is 13.6. The molecular formula is C29H31Cl2N3O6S. The van der Waals surface area contributed by atoms with Crippen molar-refractivity contribution in [3.63, 3.8) is 0 Å². The van der Waals surface area contributed by atoms with E-state index in [2.05, 4.69) is 5.32 Å². The van der Waals surface area contributed by atoms with Crippen LogP contribution in [-0.4, -0.2) is 81.4 Å². The highest BCUT2D eigenvalue weighted by molar-refractivity contribution is 7.91. The highest BCUT2D eigenvalue weighted by Gasteiger charge is 2.42. The molecule has 12 heteroatoms. The number of carbonyl (C=O) groups excluding carboxylic acids is 1. The maximum Gasteiger partial charge on any atom is 0.334 e. The van der Waals surface area contributed by atoms with Gasteiger partial charge in [0.2, 0.25) is 5.91 Å². The molecule has 3 N–H and O–H groups in total. The maximum absolute atomic E-state index is 13.6. The van der Waals surface area contributed by atoms with Crippen LogP contribution in [0.3, 0.4) is 0 Å². The largest absolute Gasteiger partial charge is 0.611 e. The third-order valence-electron chi connectivity index (χ3n) is 7.16. The van der Waals surface area contributed by atoms with Crippen molar-refractivity contribution in [2.75, 3.05) is 32.9 Å². The quantitative estimate of drug-likeness (QED) is 0.338. The molecule has 218 valence electrons. The minimum atomic E-state index is -1.68. The number of carboxylic acids is 2. The molecule has 0 spiro atoms. The first kappa shape index (κ1) is 30.9. The predicted octanol–water partition coefficient (Wildman–Crippen LogP) is 4.11. The Balaban J connectivity index is 1.84. The molecule has 2 heterocycles. The Morgan fingerprint density at radius 3 is 2.20 bits per heavy atom. The second-order valence-electron chi connectivity index (χ2n) is 10.2. The van der Waals surface area contributed by atoms with Gasteiger partial charge in [-0.3, -0.25) is 4.79 Å². The molecule has 2 aromatic rings. The summed E-state index contributed by atoms with van der Waals surface area (Å²) in [5, 5.41) is 23.9. The summed E-state index contributed by atoms with van der Waals surface area (Å²) in [6, 6.07) is 13.0. The third kappa shape index (κ3) is 6.90. The van der Waals surface area contributed by atoms with Crippen molar-refractivity contribution in [3.05, 3.63) is 86.7 Å².